The third kappa shape index (κ3) is 4.15. The Morgan fingerprint density at radius 1 is 1.35 bits per heavy atom. The molecule has 0 heterocycles. The largest absolute Gasteiger partial charge is 0.341 e. The summed E-state index contributed by atoms with van der Waals surface area (Å²) in [5, 5.41) is 3.00. The van der Waals surface area contributed by atoms with E-state index in [9.17, 15) is 9.59 Å². The fraction of sp³-hybridized carbons (Fsp3) is 0.429. The molecule has 20 heavy (non-hydrogen) atoms. The highest BCUT2D eigenvalue weighted by molar-refractivity contribution is 7.80. The normalized spacial score (nSPS) is 11.8. The standard InChI is InChI=1S/C14H19ClN2O2S/c1-4-17(5-2)14(19)9(3)16-13(18)11-8-10(20)6-7-12(11)15/h6-9,20H,4-5H2,1-3H3,(H,16,18). The first kappa shape index (κ1) is 16.9. The van der Waals surface area contributed by atoms with Gasteiger partial charge in [0.1, 0.15) is 6.04 Å². The number of nitrogens with one attached hydrogen (secondary N) is 1. The third-order valence-electron chi connectivity index (χ3n) is 2.99. The van der Waals surface area contributed by atoms with Crippen molar-refractivity contribution in [1.82, 2.24) is 10.2 Å². The maximum Gasteiger partial charge on any atom is 0.253 e. The van der Waals surface area contributed by atoms with Gasteiger partial charge in [-0.05, 0) is 39.0 Å². The fourth-order valence-electron chi connectivity index (χ4n) is 1.83. The summed E-state index contributed by atoms with van der Waals surface area (Å²) in [5.74, 6) is -0.486. The van der Waals surface area contributed by atoms with E-state index in [0.717, 1.165) is 0 Å². The van der Waals surface area contributed by atoms with Crippen LogP contribution in [0.3, 0.4) is 0 Å². The highest BCUT2D eigenvalue weighted by atomic mass is 35.5. The first-order valence-corrected chi connectivity index (χ1v) is 7.31. The Labute approximate surface area is 129 Å². The van der Waals surface area contributed by atoms with Crippen LogP contribution in [0.2, 0.25) is 5.02 Å². The van der Waals surface area contributed by atoms with E-state index < -0.39 is 6.04 Å². The van der Waals surface area contributed by atoms with Gasteiger partial charge in [0.15, 0.2) is 0 Å². The zero-order valence-electron chi connectivity index (χ0n) is 11.8. The van der Waals surface area contributed by atoms with Crippen molar-refractivity contribution < 1.29 is 9.59 Å². The number of carbonyl (C=O) groups is 2. The molecule has 0 saturated carbocycles. The van der Waals surface area contributed by atoms with E-state index in [-0.39, 0.29) is 11.8 Å². The number of benzene rings is 1. The molecule has 1 N–H and O–H groups in total. The Morgan fingerprint density at radius 2 is 1.95 bits per heavy atom. The molecule has 0 aliphatic heterocycles. The Bertz CT molecular complexity index is 504. The molecule has 0 aliphatic carbocycles. The van der Waals surface area contributed by atoms with Gasteiger partial charge in [-0.1, -0.05) is 11.6 Å². The molecule has 0 spiro atoms. The quantitative estimate of drug-likeness (QED) is 0.821. The SMILES string of the molecule is CCN(CC)C(=O)C(C)NC(=O)c1cc(S)ccc1Cl. The van der Waals surface area contributed by atoms with Crippen LogP contribution in [0.4, 0.5) is 0 Å². The molecule has 0 saturated heterocycles. The van der Waals surface area contributed by atoms with Gasteiger partial charge in [0, 0.05) is 18.0 Å². The summed E-state index contributed by atoms with van der Waals surface area (Å²) in [6.07, 6.45) is 0. The molecule has 0 fully saturated rings. The molecule has 2 amide bonds. The summed E-state index contributed by atoms with van der Waals surface area (Å²) >= 11 is 10.2. The molecule has 1 aromatic carbocycles. The minimum atomic E-state index is -0.595. The summed E-state index contributed by atoms with van der Waals surface area (Å²) in [7, 11) is 0. The van der Waals surface area contributed by atoms with Gasteiger partial charge in [-0.15, -0.1) is 12.6 Å². The Morgan fingerprint density at radius 3 is 2.50 bits per heavy atom. The van der Waals surface area contributed by atoms with E-state index in [4.69, 9.17) is 11.6 Å². The Hall–Kier alpha value is -1.20. The van der Waals surface area contributed by atoms with Gasteiger partial charge in [-0.3, -0.25) is 9.59 Å². The molecular formula is C14H19ClN2O2S. The predicted molar refractivity (Wildman–Crippen MR) is 83.6 cm³/mol. The molecule has 4 nitrogen and oxygen atoms in total. The summed E-state index contributed by atoms with van der Waals surface area (Å²) in [6, 6.07) is 4.29. The van der Waals surface area contributed by atoms with Crippen molar-refractivity contribution in [3.8, 4) is 0 Å². The van der Waals surface area contributed by atoms with Crippen LogP contribution in [0.1, 0.15) is 31.1 Å². The Kier molecular flexibility index (Phi) is 6.36. The van der Waals surface area contributed by atoms with Gasteiger partial charge >= 0.3 is 0 Å². The molecule has 0 radical (unpaired) electrons. The molecule has 110 valence electrons. The topological polar surface area (TPSA) is 49.4 Å². The number of hydrogen-bond acceptors (Lipinski definition) is 3. The zero-order valence-corrected chi connectivity index (χ0v) is 13.5. The maximum atomic E-state index is 12.1. The smallest absolute Gasteiger partial charge is 0.253 e. The summed E-state index contributed by atoms with van der Waals surface area (Å²) in [5.41, 5.74) is 0.318. The average molecular weight is 315 g/mol. The fourth-order valence-corrected chi connectivity index (χ4v) is 2.24. The summed E-state index contributed by atoms with van der Waals surface area (Å²) in [6.45, 7) is 6.69. The molecule has 6 heteroatoms. The number of carbonyl (C=O) groups excluding carboxylic acids is 2. The van der Waals surface area contributed by atoms with Crippen LogP contribution in [-0.2, 0) is 4.79 Å². The number of rotatable bonds is 5. The van der Waals surface area contributed by atoms with E-state index in [1.165, 1.54) is 0 Å². The molecule has 0 aliphatic rings. The van der Waals surface area contributed by atoms with E-state index >= 15 is 0 Å². The van der Waals surface area contributed by atoms with Gasteiger partial charge in [0.2, 0.25) is 5.91 Å². The number of nitrogens with zero attached hydrogens (tertiary/aromatic N) is 1. The summed E-state index contributed by atoms with van der Waals surface area (Å²) < 4.78 is 0. The molecular weight excluding hydrogens is 296 g/mol. The lowest BCUT2D eigenvalue weighted by atomic mass is 10.2. The molecule has 0 aromatic heterocycles. The monoisotopic (exact) mass is 314 g/mol. The van der Waals surface area contributed by atoms with E-state index in [1.807, 2.05) is 13.8 Å². The number of likely N-dealkylation sites (N-methyl/N-ethyl adjacent to an activating group) is 1. The summed E-state index contributed by atoms with van der Waals surface area (Å²) in [4.78, 5) is 26.5. The van der Waals surface area contributed by atoms with Crippen molar-refractivity contribution in [1.29, 1.82) is 0 Å². The van der Waals surface area contributed by atoms with Crippen LogP contribution in [-0.4, -0.2) is 35.8 Å². The van der Waals surface area contributed by atoms with Gasteiger partial charge < -0.3 is 10.2 Å². The molecule has 1 unspecified atom stereocenters. The number of amides is 2. The van der Waals surface area contributed by atoms with Crippen molar-refractivity contribution in [2.75, 3.05) is 13.1 Å². The van der Waals surface area contributed by atoms with Crippen molar-refractivity contribution >= 4 is 36.0 Å². The molecule has 1 rings (SSSR count). The Balaban J connectivity index is 2.80. The third-order valence-corrected chi connectivity index (χ3v) is 3.60. The average Bonchev–Trinajstić information content (AvgIpc) is 2.42. The van der Waals surface area contributed by atoms with E-state index in [1.54, 1.807) is 30.0 Å². The van der Waals surface area contributed by atoms with Gasteiger partial charge in [0.25, 0.3) is 5.91 Å². The van der Waals surface area contributed by atoms with Crippen molar-refractivity contribution in [3.63, 3.8) is 0 Å². The maximum absolute atomic E-state index is 12.1. The van der Waals surface area contributed by atoms with E-state index in [0.29, 0.717) is 28.6 Å². The van der Waals surface area contributed by atoms with E-state index in [2.05, 4.69) is 17.9 Å². The van der Waals surface area contributed by atoms with Crippen molar-refractivity contribution in [2.24, 2.45) is 0 Å². The van der Waals surface area contributed by atoms with Crippen LogP contribution < -0.4 is 5.32 Å². The number of hydrogen-bond donors (Lipinski definition) is 2. The lowest BCUT2D eigenvalue weighted by Gasteiger charge is -2.23. The minimum Gasteiger partial charge on any atom is -0.341 e. The second kappa shape index (κ2) is 7.55. The predicted octanol–water partition coefficient (Wildman–Crippen LogP) is 2.62. The zero-order chi connectivity index (χ0) is 15.3. The van der Waals surface area contributed by atoms with Crippen LogP contribution in [0, 0.1) is 0 Å². The lowest BCUT2D eigenvalue weighted by Crippen LogP contribution is -2.46. The molecule has 1 atom stereocenters. The van der Waals surface area contributed by atoms with Crippen LogP contribution in [0.15, 0.2) is 23.1 Å². The minimum absolute atomic E-state index is 0.110. The molecule has 0 bridgehead atoms. The lowest BCUT2D eigenvalue weighted by molar-refractivity contribution is -0.132. The first-order chi connectivity index (χ1) is 9.40. The van der Waals surface area contributed by atoms with Crippen molar-refractivity contribution in [3.05, 3.63) is 28.8 Å². The van der Waals surface area contributed by atoms with Gasteiger partial charge in [-0.2, -0.15) is 0 Å². The van der Waals surface area contributed by atoms with Crippen LogP contribution in [0.5, 0.6) is 0 Å². The first-order valence-electron chi connectivity index (χ1n) is 6.48. The number of thiol groups is 1. The number of halogens is 1. The molecule has 1 aromatic rings. The van der Waals surface area contributed by atoms with Gasteiger partial charge in [0.05, 0.1) is 10.6 Å². The van der Waals surface area contributed by atoms with Crippen LogP contribution in [0.25, 0.3) is 0 Å². The highest BCUT2D eigenvalue weighted by Gasteiger charge is 2.21. The second-order valence-corrected chi connectivity index (χ2v) is 5.29. The highest BCUT2D eigenvalue weighted by Crippen LogP contribution is 2.19. The second-order valence-electron chi connectivity index (χ2n) is 4.37. The van der Waals surface area contributed by atoms with Crippen molar-refractivity contribution in [2.45, 2.75) is 31.7 Å². The van der Waals surface area contributed by atoms with Crippen LogP contribution >= 0.6 is 24.2 Å². The van der Waals surface area contributed by atoms with Gasteiger partial charge in [-0.25, -0.2) is 0 Å².